The molecule has 0 saturated carbocycles. The third-order valence-electron chi connectivity index (χ3n) is 4.11. The Balaban J connectivity index is 1.68. The quantitative estimate of drug-likeness (QED) is 0.914. The standard InChI is InChI=1S/C16H21N3/c1-12(14-6-4-3-5-7-14)10-19-9-8-16-15(11-19)13(2)17-18-16/h3-7,12H,8-11H2,1-2H3,(H,17,18)/t12-/m1/s1. The molecule has 1 aromatic heterocycles. The van der Waals surface area contributed by atoms with Gasteiger partial charge in [-0.25, -0.2) is 0 Å². The number of rotatable bonds is 3. The van der Waals surface area contributed by atoms with Gasteiger partial charge in [-0.2, -0.15) is 5.10 Å². The number of hydrogen-bond acceptors (Lipinski definition) is 2. The minimum Gasteiger partial charge on any atom is -0.298 e. The third kappa shape index (κ3) is 2.56. The molecule has 3 rings (SSSR count). The number of benzene rings is 1. The van der Waals surface area contributed by atoms with Crippen LogP contribution in [0.15, 0.2) is 30.3 Å². The summed E-state index contributed by atoms with van der Waals surface area (Å²) in [5, 5.41) is 7.48. The van der Waals surface area contributed by atoms with Crippen molar-refractivity contribution < 1.29 is 0 Å². The van der Waals surface area contributed by atoms with Crippen LogP contribution in [0.3, 0.4) is 0 Å². The molecule has 2 heterocycles. The SMILES string of the molecule is Cc1[nH]nc2c1CN(C[C@@H](C)c1ccccc1)CC2. The van der Waals surface area contributed by atoms with Crippen LogP contribution in [0, 0.1) is 6.92 Å². The van der Waals surface area contributed by atoms with Crippen molar-refractivity contribution in [1.82, 2.24) is 15.1 Å². The molecule has 3 nitrogen and oxygen atoms in total. The van der Waals surface area contributed by atoms with E-state index in [4.69, 9.17) is 0 Å². The smallest absolute Gasteiger partial charge is 0.0682 e. The van der Waals surface area contributed by atoms with Crippen LogP contribution in [0.1, 0.15) is 35.4 Å². The first-order valence-electron chi connectivity index (χ1n) is 7.04. The molecule has 1 N–H and O–H groups in total. The van der Waals surface area contributed by atoms with Crippen molar-refractivity contribution in [2.45, 2.75) is 32.7 Å². The molecular weight excluding hydrogens is 234 g/mol. The minimum absolute atomic E-state index is 0.579. The maximum Gasteiger partial charge on any atom is 0.0682 e. The molecule has 100 valence electrons. The fourth-order valence-electron chi connectivity index (χ4n) is 2.92. The molecule has 3 heteroatoms. The Morgan fingerprint density at radius 3 is 2.89 bits per heavy atom. The zero-order chi connectivity index (χ0) is 13.2. The van der Waals surface area contributed by atoms with Crippen molar-refractivity contribution in [3.8, 4) is 0 Å². The van der Waals surface area contributed by atoms with Crippen LogP contribution in [0.25, 0.3) is 0 Å². The molecule has 19 heavy (non-hydrogen) atoms. The minimum atomic E-state index is 0.579. The highest BCUT2D eigenvalue weighted by Crippen LogP contribution is 2.23. The number of hydrogen-bond donors (Lipinski definition) is 1. The van der Waals surface area contributed by atoms with Crippen LogP contribution in [-0.4, -0.2) is 28.2 Å². The van der Waals surface area contributed by atoms with E-state index < -0.39 is 0 Å². The zero-order valence-corrected chi connectivity index (χ0v) is 11.7. The fourth-order valence-corrected chi connectivity index (χ4v) is 2.92. The van der Waals surface area contributed by atoms with Crippen molar-refractivity contribution >= 4 is 0 Å². The Bertz CT molecular complexity index is 544. The van der Waals surface area contributed by atoms with Crippen LogP contribution < -0.4 is 0 Å². The number of aromatic amines is 1. The molecule has 0 fully saturated rings. The topological polar surface area (TPSA) is 31.9 Å². The van der Waals surface area contributed by atoms with Crippen LogP contribution >= 0.6 is 0 Å². The summed E-state index contributed by atoms with van der Waals surface area (Å²) in [7, 11) is 0. The summed E-state index contributed by atoms with van der Waals surface area (Å²) >= 11 is 0. The van der Waals surface area contributed by atoms with E-state index in [1.165, 1.54) is 22.5 Å². The normalized spacial score (nSPS) is 17.2. The average Bonchev–Trinajstić information content (AvgIpc) is 2.81. The number of H-pyrrole nitrogens is 1. The molecule has 1 aliphatic heterocycles. The predicted octanol–water partition coefficient (Wildman–Crippen LogP) is 2.88. The van der Waals surface area contributed by atoms with E-state index in [1.807, 2.05) is 0 Å². The van der Waals surface area contributed by atoms with E-state index in [0.29, 0.717) is 5.92 Å². The molecular formula is C16H21N3. The van der Waals surface area contributed by atoms with Gasteiger partial charge in [-0.1, -0.05) is 37.3 Å². The van der Waals surface area contributed by atoms with Crippen molar-refractivity contribution in [1.29, 1.82) is 0 Å². The van der Waals surface area contributed by atoms with E-state index in [-0.39, 0.29) is 0 Å². The lowest BCUT2D eigenvalue weighted by Gasteiger charge is -2.29. The average molecular weight is 255 g/mol. The van der Waals surface area contributed by atoms with Crippen molar-refractivity contribution in [3.63, 3.8) is 0 Å². The second kappa shape index (κ2) is 5.17. The zero-order valence-electron chi connectivity index (χ0n) is 11.7. The Labute approximate surface area is 114 Å². The van der Waals surface area contributed by atoms with Crippen LogP contribution in [0.4, 0.5) is 0 Å². The first-order valence-corrected chi connectivity index (χ1v) is 7.04. The van der Waals surface area contributed by atoms with Crippen molar-refractivity contribution in [2.75, 3.05) is 13.1 Å². The summed E-state index contributed by atoms with van der Waals surface area (Å²) in [6, 6.07) is 10.8. The highest BCUT2D eigenvalue weighted by Gasteiger charge is 2.21. The van der Waals surface area contributed by atoms with Crippen LogP contribution in [0.2, 0.25) is 0 Å². The van der Waals surface area contributed by atoms with Crippen molar-refractivity contribution in [3.05, 3.63) is 52.8 Å². The lowest BCUT2D eigenvalue weighted by molar-refractivity contribution is 0.240. The van der Waals surface area contributed by atoms with Gasteiger partial charge in [0.05, 0.1) is 5.69 Å². The fraction of sp³-hybridized carbons (Fsp3) is 0.438. The maximum atomic E-state index is 4.38. The second-order valence-corrected chi connectivity index (χ2v) is 5.57. The molecule has 0 bridgehead atoms. The van der Waals surface area contributed by atoms with Gasteiger partial charge >= 0.3 is 0 Å². The number of fused-ring (bicyclic) bond motifs is 1. The van der Waals surface area contributed by atoms with Gasteiger partial charge in [0.15, 0.2) is 0 Å². The Kier molecular flexibility index (Phi) is 3.38. The molecule has 2 aromatic rings. The molecule has 0 saturated heterocycles. The van der Waals surface area contributed by atoms with Crippen LogP contribution in [-0.2, 0) is 13.0 Å². The van der Waals surface area contributed by atoms with E-state index in [0.717, 1.165) is 26.1 Å². The molecule has 0 aliphatic carbocycles. The number of aryl methyl sites for hydroxylation is 1. The number of nitrogens with zero attached hydrogens (tertiary/aromatic N) is 2. The molecule has 1 aliphatic rings. The highest BCUT2D eigenvalue weighted by atomic mass is 15.2. The number of aromatic nitrogens is 2. The van der Waals surface area contributed by atoms with E-state index in [2.05, 4.69) is 59.3 Å². The molecule has 0 unspecified atom stereocenters. The molecule has 0 spiro atoms. The van der Waals surface area contributed by atoms with Gasteiger partial charge in [-0.05, 0) is 18.4 Å². The summed E-state index contributed by atoms with van der Waals surface area (Å²) in [6.45, 7) is 7.71. The van der Waals surface area contributed by atoms with Gasteiger partial charge in [0.2, 0.25) is 0 Å². The summed E-state index contributed by atoms with van der Waals surface area (Å²) in [5.74, 6) is 0.579. The first-order chi connectivity index (χ1) is 9.24. The molecule has 0 amide bonds. The van der Waals surface area contributed by atoms with Gasteiger partial charge in [-0.3, -0.25) is 10.00 Å². The Morgan fingerprint density at radius 1 is 1.32 bits per heavy atom. The molecule has 0 radical (unpaired) electrons. The van der Waals surface area contributed by atoms with E-state index in [1.54, 1.807) is 0 Å². The van der Waals surface area contributed by atoms with Crippen LogP contribution in [0.5, 0.6) is 0 Å². The lowest BCUT2D eigenvalue weighted by Crippen LogP contribution is -2.33. The summed E-state index contributed by atoms with van der Waals surface area (Å²) in [4.78, 5) is 2.54. The Morgan fingerprint density at radius 2 is 2.11 bits per heavy atom. The monoisotopic (exact) mass is 255 g/mol. The summed E-state index contributed by atoms with van der Waals surface area (Å²) in [6.07, 6.45) is 1.07. The Hall–Kier alpha value is -1.61. The largest absolute Gasteiger partial charge is 0.298 e. The van der Waals surface area contributed by atoms with E-state index in [9.17, 15) is 0 Å². The molecule has 1 aromatic carbocycles. The summed E-state index contributed by atoms with van der Waals surface area (Å²) in [5.41, 5.74) is 5.33. The van der Waals surface area contributed by atoms with Gasteiger partial charge < -0.3 is 0 Å². The highest BCUT2D eigenvalue weighted by molar-refractivity contribution is 5.27. The summed E-state index contributed by atoms with van der Waals surface area (Å²) < 4.78 is 0. The van der Waals surface area contributed by atoms with Gasteiger partial charge in [-0.15, -0.1) is 0 Å². The maximum absolute atomic E-state index is 4.38. The molecule has 1 atom stereocenters. The first kappa shape index (κ1) is 12.4. The van der Waals surface area contributed by atoms with Gasteiger partial charge in [0.1, 0.15) is 0 Å². The number of nitrogens with one attached hydrogen (secondary N) is 1. The lowest BCUT2D eigenvalue weighted by atomic mass is 9.98. The van der Waals surface area contributed by atoms with Crippen molar-refractivity contribution in [2.24, 2.45) is 0 Å². The van der Waals surface area contributed by atoms with Gasteiger partial charge in [0.25, 0.3) is 0 Å². The van der Waals surface area contributed by atoms with Gasteiger partial charge in [0, 0.05) is 37.3 Å². The van der Waals surface area contributed by atoms with E-state index >= 15 is 0 Å². The second-order valence-electron chi connectivity index (χ2n) is 5.57. The third-order valence-corrected chi connectivity index (χ3v) is 4.11. The predicted molar refractivity (Wildman–Crippen MR) is 77.2 cm³/mol.